The van der Waals surface area contributed by atoms with Crippen molar-refractivity contribution in [3.63, 3.8) is 0 Å². The maximum Gasteiger partial charge on any atom is 0.181 e. The fourth-order valence-corrected chi connectivity index (χ4v) is 0.512. The predicted octanol–water partition coefficient (Wildman–Crippen LogP) is 1.40. The van der Waals surface area contributed by atoms with E-state index in [4.69, 9.17) is 4.74 Å². The molecule has 0 bridgehead atoms. The Balaban J connectivity index is 3.26. The Morgan fingerprint density at radius 2 is 2.44 bits per heavy atom. The van der Waals surface area contributed by atoms with Gasteiger partial charge in [0.05, 0.1) is 0 Å². The summed E-state index contributed by atoms with van der Waals surface area (Å²) in [6.07, 6.45) is -0.285. The minimum Gasteiger partial charge on any atom is -0.359 e. The van der Waals surface area contributed by atoms with Crippen molar-refractivity contribution in [1.82, 2.24) is 5.32 Å². The Kier molecular flexibility index (Phi) is 4.05. The molecule has 54 valence electrons. The highest BCUT2D eigenvalue weighted by Crippen LogP contribution is 1.90. The topological polar surface area (TPSA) is 21.3 Å². The molecule has 0 heterocycles. The summed E-state index contributed by atoms with van der Waals surface area (Å²) in [5.74, 6) is -0.559. The highest BCUT2D eigenvalue weighted by Gasteiger charge is 1.97. The highest BCUT2D eigenvalue weighted by atomic mass is 19.1. The van der Waals surface area contributed by atoms with Gasteiger partial charge >= 0.3 is 0 Å². The summed E-state index contributed by atoms with van der Waals surface area (Å²) >= 11 is 0. The van der Waals surface area contributed by atoms with Gasteiger partial charge in [0.15, 0.2) is 5.95 Å². The molecular formula is C6H12FNO. The molecule has 0 fully saturated rings. The van der Waals surface area contributed by atoms with E-state index in [1.54, 1.807) is 6.92 Å². The average Bonchev–Trinajstić information content (AvgIpc) is 1.63. The number of nitrogens with one attached hydrogen (secondary N) is 1. The van der Waals surface area contributed by atoms with E-state index in [0.717, 1.165) is 0 Å². The smallest absolute Gasteiger partial charge is 0.181 e. The molecule has 0 aromatic rings. The summed E-state index contributed by atoms with van der Waals surface area (Å²) in [7, 11) is 0. The predicted molar refractivity (Wildman–Crippen MR) is 34.5 cm³/mol. The van der Waals surface area contributed by atoms with Crippen LogP contribution in [0.3, 0.4) is 0 Å². The summed E-state index contributed by atoms with van der Waals surface area (Å²) in [6, 6.07) is 0. The lowest BCUT2D eigenvalue weighted by Crippen LogP contribution is -2.25. The second kappa shape index (κ2) is 4.32. The lowest BCUT2D eigenvalue weighted by Gasteiger charge is -2.11. The van der Waals surface area contributed by atoms with Gasteiger partial charge in [0, 0.05) is 6.61 Å². The molecule has 1 atom stereocenters. The monoisotopic (exact) mass is 133 g/mol. The van der Waals surface area contributed by atoms with Crippen LogP contribution in [0.2, 0.25) is 0 Å². The van der Waals surface area contributed by atoms with Crippen molar-refractivity contribution in [2.45, 2.75) is 20.1 Å². The zero-order chi connectivity index (χ0) is 7.28. The summed E-state index contributed by atoms with van der Waals surface area (Å²) in [6.45, 7) is 7.15. The van der Waals surface area contributed by atoms with E-state index in [0.29, 0.717) is 6.61 Å². The average molecular weight is 133 g/mol. The first-order valence-corrected chi connectivity index (χ1v) is 2.89. The van der Waals surface area contributed by atoms with Gasteiger partial charge in [-0.1, -0.05) is 0 Å². The largest absolute Gasteiger partial charge is 0.359 e. The van der Waals surface area contributed by atoms with Gasteiger partial charge in [0.25, 0.3) is 0 Å². The molecule has 2 nitrogen and oxygen atoms in total. The second-order valence-electron chi connectivity index (χ2n) is 1.65. The first kappa shape index (κ1) is 8.43. The van der Waals surface area contributed by atoms with Gasteiger partial charge in [0.2, 0.25) is 0 Å². The van der Waals surface area contributed by atoms with Gasteiger partial charge < -0.3 is 10.1 Å². The van der Waals surface area contributed by atoms with Crippen molar-refractivity contribution in [3.8, 4) is 0 Å². The second-order valence-corrected chi connectivity index (χ2v) is 1.65. The number of hydrogen-bond donors (Lipinski definition) is 1. The van der Waals surface area contributed by atoms with Crippen molar-refractivity contribution in [2.75, 3.05) is 6.61 Å². The molecule has 0 aromatic heterocycles. The molecule has 0 saturated carbocycles. The third-order valence-corrected chi connectivity index (χ3v) is 0.777. The van der Waals surface area contributed by atoms with Gasteiger partial charge in [-0.25, -0.2) is 0 Å². The zero-order valence-corrected chi connectivity index (χ0v) is 5.78. The minimum absolute atomic E-state index is 0.285. The van der Waals surface area contributed by atoms with Crippen molar-refractivity contribution in [2.24, 2.45) is 0 Å². The van der Waals surface area contributed by atoms with Crippen LogP contribution in [0.1, 0.15) is 13.8 Å². The van der Waals surface area contributed by atoms with Crippen LogP contribution in [0.25, 0.3) is 0 Å². The van der Waals surface area contributed by atoms with E-state index in [9.17, 15) is 4.39 Å². The third-order valence-electron chi connectivity index (χ3n) is 0.777. The van der Waals surface area contributed by atoms with Crippen LogP contribution in [0.4, 0.5) is 4.39 Å². The van der Waals surface area contributed by atoms with Crippen LogP contribution in [0.15, 0.2) is 12.5 Å². The van der Waals surface area contributed by atoms with E-state index in [1.165, 1.54) is 0 Å². The van der Waals surface area contributed by atoms with Gasteiger partial charge in [-0.2, -0.15) is 4.39 Å². The lowest BCUT2D eigenvalue weighted by molar-refractivity contribution is 0.0544. The number of ether oxygens (including phenoxy) is 1. The molecule has 0 rings (SSSR count). The molecule has 0 spiro atoms. The molecular weight excluding hydrogens is 121 g/mol. The molecule has 0 aliphatic rings. The zero-order valence-electron chi connectivity index (χ0n) is 5.78. The van der Waals surface area contributed by atoms with E-state index in [2.05, 4.69) is 11.9 Å². The highest BCUT2D eigenvalue weighted by molar-refractivity contribution is 4.76. The fraction of sp³-hybridized carbons (Fsp3) is 0.667. The Morgan fingerprint density at radius 3 is 2.78 bits per heavy atom. The summed E-state index contributed by atoms with van der Waals surface area (Å²) in [5.41, 5.74) is 0. The molecule has 1 N–H and O–H groups in total. The van der Waals surface area contributed by atoms with Crippen LogP contribution in [0.5, 0.6) is 0 Å². The lowest BCUT2D eigenvalue weighted by atomic mass is 10.6. The Labute approximate surface area is 54.7 Å². The molecule has 0 aliphatic heterocycles. The SMILES string of the molecule is C=C(F)NC(C)OCC. The maximum atomic E-state index is 11.9. The molecule has 9 heavy (non-hydrogen) atoms. The van der Waals surface area contributed by atoms with E-state index < -0.39 is 5.95 Å². The molecule has 0 saturated heterocycles. The summed E-state index contributed by atoms with van der Waals surface area (Å²) in [5, 5.41) is 2.36. The summed E-state index contributed by atoms with van der Waals surface area (Å²) < 4.78 is 16.8. The first-order valence-electron chi connectivity index (χ1n) is 2.89. The van der Waals surface area contributed by atoms with E-state index >= 15 is 0 Å². The van der Waals surface area contributed by atoms with Crippen LogP contribution >= 0.6 is 0 Å². The Hall–Kier alpha value is -0.570. The first-order chi connectivity index (χ1) is 4.16. The standard InChI is InChI=1S/C6H12FNO/c1-4-9-6(3)8-5(2)7/h6,8H,2,4H2,1,3H3. The van der Waals surface area contributed by atoms with Gasteiger partial charge in [-0.3, -0.25) is 0 Å². The molecule has 0 aliphatic carbocycles. The fourth-order valence-electron chi connectivity index (χ4n) is 0.512. The van der Waals surface area contributed by atoms with E-state index in [1.807, 2.05) is 6.92 Å². The van der Waals surface area contributed by atoms with Crippen LogP contribution in [-0.4, -0.2) is 12.8 Å². The number of halogens is 1. The number of rotatable bonds is 4. The van der Waals surface area contributed by atoms with Crippen LogP contribution in [-0.2, 0) is 4.74 Å². The van der Waals surface area contributed by atoms with Gasteiger partial charge in [-0.05, 0) is 20.4 Å². The molecule has 3 heteroatoms. The van der Waals surface area contributed by atoms with Gasteiger partial charge in [-0.15, -0.1) is 0 Å². The van der Waals surface area contributed by atoms with Crippen molar-refractivity contribution >= 4 is 0 Å². The van der Waals surface area contributed by atoms with Crippen molar-refractivity contribution < 1.29 is 9.13 Å². The molecule has 0 aromatic carbocycles. The normalized spacial score (nSPS) is 12.8. The Morgan fingerprint density at radius 1 is 1.89 bits per heavy atom. The number of hydrogen-bond acceptors (Lipinski definition) is 2. The van der Waals surface area contributed by atoms with Crippen molar-refractivity contribution in [1.29, 1.82) is 0 Å². The molecule has 1 unspecified atom stereocenters. The van der Waals surface area contributed by atoms with Crippen LogP contribution in [0, 0.1) is 0 Å². The van der Waals surface area contributed by atoms with Crippen molar-refractivity contribution in [3.05, 3.63) is 12.5 Å². The third kappa shape index (κ3) is 5.30. The molecule has 0 amide bonds. The summed E-state index contributed by atoms with van der Waals surface area (Å²) in [4.78, 5) is 0. The van der Waals surface area contributed by atoms with Gasteiger partial charge in [0.1, 0.15) is 6.23 Å². The minimum atomic E-state index is -0.559. The van der Waals surface area contributed by atoms with E-state index in [-0.39, 0.29) is 6.23 Å². The quantitative estimate of drug-likeness (QED) is 0.462. The van der Waals surface area contributed by atoms with Crippen LogP contribution < -0.4 is 5.32 Å². The maximum absolute atomic E-state index is 11.9. The Bertz CT molecular complexity index is 95.1. The molecule has 0 radical (unpaired) electrons.